The monoisotopic (exact) mass is 598 g/mol. The molecule has 0 spiro atoms. The molecule has 1 unspecified atom stereocenters. The minimum Gasteiger partial charge on any atom is -0.339 e. The molecule has 5 aromatic rings. The van der Waals surface area contributed by atoms with E-state index in [1.807, 2.05) is 45.0 Å². The van der Waals surface area contributed by atoms with Crippen molar-refractivity contribution in [1.29, 1.82) is 0 Å². The number of carbonyl (C=O) groups is 2. The zero-order valence-electron chi connectivity index (χ0n) is 24.2. The molecule has 1 atom stereocenters. The van der Waals surface area contributed by atoms with E-state index in [-0.39, 0.29) is 18.0 Å². The number of carbonyl (C=O) groups excluding carboxylic acids is 2. The van der Waals surface area contributed by atoms with Gasteiger partial charge in [-0.05, 0) is 86.0 Å². The highest BCUT2D eigenvalue weighted by Crippen LogP contribution is 2.27. The Kier molecular flexibility index (Phi) is 8.53. The van der Waals surface area contributed by atoms with Gasteiger partial charge in [0, 0.05) is 48.7 Å². The summed E-state index contributed by atoms with van der Waals surface area (Å²) in [6.07, 6.45) is 4.90. The van der Waals surface area contributed by atoms with Gasteiger partial charge >= 0.3 is 0 Å². The molecule has 5 rings (SSSR count). The molecule has 2 aromatic carbocycles. The standard InChI is InChI=1S/C31H31ClN8O3/c1-19(2)39-17-22(6-12-29(39)41)21-5-11-26(32)23(15-21)16-27(37-31(43)28-13-14-34-38(28)4)30(42)36-24-7-9-25(10-8-24)40-20(3)33-18-35-40/h5-15,17-19,27H,16H2,1-4H3,(H,36,42)(H,37,43). The van der Waals surface area contributed by atoms with Crippen LogP contribution in [0.1, 0.15) is 41.8 Å². The minimum absolute atomic E-state index is 0.0104. The van der Waals surface area contributed by atoms with Gasteiger partial charge < -0.3 is 15.2 Å². The van der Waals surface area contributed by atoms with E-state index in [0.29, 0.717) is 22.0 Å². The molecule has 0 saturated heterocycles. The average Bonchev–Trinajstić information content (AvgIpc) is 3.62. The number of anilines is 1. The van der Waals surface area contributed by atoms with Gasteiger partial charge in [-0.15, -0.1) is 0 Å². The quantitative estimate of drug-likeness (QED) is 0.260. The van der Waals surface area contributed by atoms with Crippen LogP contribution < -0.4 is 16.2 Å². The van der Waals surface area contributed by atoms with Crippen molar-refractivity contribution in [2.45, 2.75) is 39.3 Å². The molecule has 0 aliphatic rings. The van der Waals surface area contributed by atoms with E-state index < -0.39 is 17.9 Å². The number of hydrogen-bond acceptors (Lipinski definition) is 6. The third-order valence-corrected chi connectivity index (χ3v) is 7.44. The Bertz CT molecular complexity index is 1840. The predicted molar refractivity (Wildman–Crippen MR) is 164 cm³/mol. The van der Waals surface area contributed by atoms with Gasteiger partial charge in [-0.3, -0.25) is 19.1 Å². The second-order valence-corrected chi connectivity index (χ2v) is 10.8. The number of hydrogen-bond donors (Lipinski definition) is 2. The van der Waals surface area contributed by atoms with Gasteiger partial charge in [-0.25, -0.2) is 9.67 Å². The highest BCUT2D eigenvalue weighted by atomic mass is 35.5. The van der Waals surface area contributed by atoms with Crippen LogP contribution in [0, 0.1) is 6.92 Å². The van der Waals surface area contributed by atoms with Crippen molar-refractivity contribution in [3.8, 4) is 16.8 Å². The molecule has 0 aliphatic heterocycles. The lowest BCUT2D eigenvalue weighted by atomic mass is 9.99. The molecule has 220 valence electrons. The molecule has 3 aromatic heterocycles. The number of aromatic nitrogens is 6. The van der Waals surface area contributed by atoms with E-state index in [9.17, 15) is 14.4 Å². The lowest BCUT2D eigenvalue weighted by Crippen LogP contribution is -2.45. The fourth-order valence-corrected chi connectivity index (χ4v) is 4.91. The summed E-state index contributed by atoms with van der Waals surface area (Å²) < 4.78 is 4.78. The summed E-state index contributed by atoms with van der Waals surface area (Å²) in [4.78, 5) is 43.2. The third-order valence-electron chi connectivity index (χ3n) is 7.07. The van der Waals surface area contributed by atoms with Crippen LogP contribution in [0.4, 0.5) is 5.69 Å². The van der Waals surface area contributed by atoms with E-state index in [2.05, 4.69) is 25.8 Å². The molecule has 2 N–H and O–H groups in total. The van der Waals surface area contributed by atoms with Crippen molar-refractivity contribution in [3.63, 3.8) is 0 Å². The van der Waals surface area contributed by atoms with Gasteiger partial charge in [0.2, 0.25) is 5.91 Å². The second-order valence-electron chi connectivity index (χ2n) is 10.4. The fourth-order valence-electron chi connectivity index (χ4n) is 4.71. The van der Waals surface area contributed by atoms with Crippen molar-refractivity contribution < 1.29 is 9.59 Å². The van der Waals surface area contributed by atoms with Crippen molar-refractivity contribution in [2.24, 2.45) is 7.05 Å². The number of aryl methyl sites for hydroxylation is 2. The highest BCUT2D eigenvalue weighted by Gasteiger charge is 2.25. The van der Waals surface area contributed by atoms with Crippen LogP contribution in [0.15, 0.2) is 84.2 Å². The molecular weight excluding hydrogens is 568 g/mol. The number of benzene rings is 2. The Morgan fingerprint density at radius 1 is 0.977 bits per heavy atom. The number of rotatable bonds is 9. The number of halogens is 1. The Labute approximate surface area is 253 Å². The summed E-state index contributed by atoms with van der Waals surface area (Å²) in [6, 6.07) is 16.5. The van der Waals surface area contributed by atoms with Crippen LogP contribution in [-0.2, 0) is 18.3 Å². The van der Waals surface area contributed by atoms with E-state index in [0.717, 1.165) is 22.6 Å². The lowest BCUT2D eigenvalue weighted by molar-refractivity contribution is -0.118. The van der Waals surface area contributed by atoms with Gasteiger partial charge in [-0.1, -0.05) is 17.7 Å². The van der Waals surface area contributed by atoms with Gasteiger partial charge in [-0.2, -0.15) is 10.2 Å². The Morgan fingerprint density at radius 3 is 2.37 bits per heavy atom. The topological polar surface area (TPSA) is 129 Å². The van der Waals surface area contributed by atoms with Gasteiger partial charge in [0.15, 0.2) is 0 Å². The summed E-state index contributed by atoms with van der Waals surface area (Å²) >= 11 is 6.61. The maximum atomic E-state index is 13.6. The molecule has 0 saturated carbocycles. The Morgan fingerprint density at radius 2 is 1.72 bits per heavy atom. The summed E-state index contributed by atoms with van der Waals surface area (Å²) in [7, 11) is 1.65. The molecule has 3 heterocycles. The molecular formula is C31H31ClN8O3. The number of nitrogens with zero attached hydrogens (tertiary/aromatic N) is 6. The number of nitrogens with one attached hydrogen (secondary N) is 2. The first kappa shape index (κ1) is 29.5. The average molecular weight is 599 g/mol. The number of pyridine rings is 1. The van der Waals surface area contributed by atoms with Crippen LogP contribution >= 0.6 is 11.6 Å². The molecule has 0 fully saturated rings. The van der Waals surface area contributed by atoms with E-state index in [1.165, 1.54) is 23.3 Å². The zero-order chi connectivity index (χ0) is 30.7. The van der Waals surface area contributed by atoms with Crippen molar-refractivity contribution in [1.82, 2.24) is 34.4 Å². The predicted octanol–water partition coefficient (Wildman–Crippen LogP) is 4.35. The van der Waals surface area contributed by atoms with Crippen LogP contribution in [0.3, 0.4) is 0 Å². The van der Waals surface area contributed by atoms with Crippen molar-refractivity contribution in [2.75, 3.05) is 5.32 Å². The smallest absolute Gasteiger partial charge is 0.270 e. The first-order valence-electron chi connectivity index (χ1n) is 13.7. The Balaban J connectivity index is 1.43. The molecule has 0 radical (unpaired) electrons. The van der Waals surface area contributed by atoms with E-state index >= 15 is 0 Å². The maximum Gasteiger partial charge on any atom is 0.270 e. The number of amides is 2. The molecule has 11 nitrogen and oxygen atoms in total. The fraction of sp³-hybridized carbons (Fsp3) is 0.226. The minimum atomic E-state index is -0.975. The van der Waals surface area contributed by atoms with Gasteiger partial charge in [0.25, 0.3) is 11.5 Å². The van der Waals surface area contributed by atoms with Gasteiger partial charge in [0.1, 0.15) is 23.9 Å². The summed E-state index contributed by atoms with van der Waals surface area (Å²) in [6.45, 7) is 5.73. The molecule has 2 amide bonds. The van der Waals surface area contributed by atoms with Crippen LogP contribution in [0.5, 0.6) is 0 Å². The normalized spacial score (nSPS) is 11.9. The molecule has 0 bridgehead atoms. The van der Waals surface area contributed by atoms with Crippen LogP contribution in [0.25, 0.3) is 16.8 Å². The van der Waals surface area contributed by atoms with Crippen LogP contribution in [-0.4, -0.2) is 47.0 Å². The summed E-state index contributed by atoms with van der Waals surface area (Å²) in [5, 5.41) is 14.5. The first-order chi connectivity index (χ1) is 20.6. The lowest BCUT2D eigenvalue weighted by Gasteiger charge is -2.20. The molecule has 0 aliphatic carbocycles. The second kappa shape index (κ2) is 12.5. The Hall–Kier alpha value is -5.03. The third kappa shape index (κ3) is 6.57. The van der Waals surface area contributed by atoms with Crippen molar-refractivity contribution >= 4 is 29.1 Å². The summed E-state index contributed by atoms with van der Waals surface area (Å²) in [5.41, 5.74) is 3.86. The van der Waals surface area contributed by atoms with E-state index in [1.54, 1.807) is 52.8 Å². The molecule has 43 heavy (non-hydrogen) atoms. The van der Waals surface area contributed by atoms with Crippen LogP contribution in [0.2, 0.25) is 5.02 Å². The van der Waals surface area contributed by atoms with Crippen molar-refractivity contribution in [3.05, 3.63) is 112 Å². The van der Waals surface area contributed by atoms with Gasteiger partial charge in [0.05, 0.1) is 5.69 Å². The summed E-state index contributed by atoms with van der Waals surface area (Å²) in [5.74, 6) is -0.139. The first-order valence-corrected chi connectivity index (χ1v) is 14.1. The largest absolute Gasteiger partial charge is 0.339 e. The van der Waals surface area contributed by atoms with E-state index in [4.69, 9.17) is 11.6 Å². The maximum absolute atomic E-state index is 13.6. The SMILES string of the molecule is Cc1ncnn1-c1ccc(NC(=O)C(Cc2cc(-c3ccc(=O)n(C(C)C)c3)ccc2Cl)NC(=O)c2ccnn2C)cc1. The zero-order valence-corrected chi connectivity index (χ0v) is 24.9. The highest BCUT2D eigenvalue weighted by molar-refractivity contribution is 6.31. The molecule has 12 heteroatoms.